The van der Waals surface area contributed by atoms with Gasteiger partial charge in [-0.2, -0.15) is 0 Å². The van der Waals surface area contributed by atoms with Crippen molar-refractivity contribution in [3.05, 3.63) is 23.5 Å². The Balaban J connectivity index is 2.12. The van der Waals surface area contributed by atoms with Gasteiger partial charge in [0.15, 0.2) is 0 Å². The summed E-state index contributed by atoms with van der Waals surface area (Å²) in [6, 6.07) is 2.18. The molecule has 0 aliphatic heterocycles. The van der Waals surface area contributed by atoms with Crippen molar-refractivity contribution in [1.29, 1.82) is 0 Å². The van der Waals surface area contributed by atoms with Gasteiger partial charge in [0.25, 0.3) is 5.91 Å². The predicted molar refractivity (Wildman–Crippen MR) is 77.3 cm³/mol. The van der Waals surface area contributed by atoms with Gasteiger partial charge in [-0.15, -0.1) is 0 Å². The molecule has 19 heavy (non-hydrogen) atoms. The van der Waals surface area contributed by atoms with Gasteiger partial charge in [-0.05, 0) is 37.7 Å². The maximum absolute atomic E-state index is 12.4. The number of amides is 1. The molecule has 3 unspecified atom stereocenters. The van der Waals surface area contributed by atoms with Crippen LogP contribution in [0.1, 0.15) is 42.7 Å². The van der Waals surface area contributed by atoms with E-state index in [0.717, 1.165) is 17.8 Å². The summed E-state index contributed by atoms with van der Waals surface area (Å²) in [5, 5.41) is 6.21. The third kappa shape index (κ3) is 2.88. The number of carbonyl (C=O) groups excluding carboxylic acids is 1. The summed E-state index contributed by atoms with van der Waals surface area (Å²) < 4.78 is 0. The molecule has 1 fully saturated rings. The largest absolute Gasteiger partial charge is 0.387 e. The Kier molecular flexibility index (Phi) is 4.08. The Bertz CT molecular complexity index is 472. The Morgan fingerprint density at radius 1 is 1.37 bits per heavy atom. The number of pyridine rings is 1. The first-order valence-corrected chi connectivity index (χ1v) is 6.98. The molecule has 0 aromatic carbocycles. The van der Waals surface area contributed by atoms with E-state index in [4.69, 9.17) is 0 Å². The molecule has 0 bridgehead atoms. The molecule has 0 saturated heterocycles. The smallest absolute Gasteiger partial charge is 0.255 e. The van der Waals surface area contributed by atoms with Crippen LogP contribution in [0.5, 0.6) is 0 Å². The van der Waals surface area contributed by atoms with Crippen LogP contribution in [0.2, 0.25) is 0 Å². The number of aromatic nitrogens is 1. The van der Waals surface area contributed by atoms with Crippen LogP contribution in [0.4, 0.5) is 5.69 Å². The van der Waals surface area contributed by atoms with Gasteiger partial charge in [-0.1, -0.05) is 13.8 Å². The van der Waals surface area contributed by atoms with Gasteiger partial charge in [0.2, 0.25) is 0 Å². The summed E-state index contributed by atoms with van der Waals surface area (Å²) in [5.74, 6) is 1.20. The number of aryl methyl sites for hydroxylation is 1. The molecule has 1 amide bonds. The fourth-order valence-electron chi connectivity index (χ4n) is 2.76. The van der Waals surface area contributed by atoms with Crippen molar-refractivity contribution in [2.75, 3.05) is 12.4 Å². The lowest BCUT2D eigenvalue weighted by Gasteiger charge is -2.20. The van der Waals surface area contributed by atoms with E-state index in [1.807, 2.05) is 20.0 Å². The highest BCUT2D eigenvalue weighted by molar-refractivity contribution is 5.99. The SMILES string of the molecule is CNc1cc(C)ncc1C(=O)NC1CCC(C)C1C. The summed E-state index contributed by atoms with van der Waals surface area (Å²) in [5.41, 5.74) is 2.37. The minimum Gasteiger partial charge on any atom is -0.387 e. The van der Waals surface area contributed by atoms with Gasteiger partial charge in [0.1, 0.15) is 0 Å². The molecule has 1 aromatic heterocycles. The van der Waals surface area contributed by atoms with Crippen LogP contribution >= 0.6 is 0 Å². The zero-order chi connectivity index (χ0) is 14.0. The van der Waals surface area contributed by atoms with Crippen LogP contribution in [-0.4, -0.2) is 24.0 Å². The molecule has 0 radical (unpaired) electrons. The highest BCUT2D eigenvalue weighted by Crippen LogP contribution is 2.31. The van der Waals surface area contributed by atoms with Crippen LogP contribution in [0.3, 0.4) is 0 Å². The van der Waals surface area contributed by atoms with Gasteiger partial charge in [0.05, 0.1) is 11.3 Å². The van der Waals surface area contributed by atoms with Crippen LogP contribution < -0.4 is 10.6 Å². The second-order valence-corrected chi connectivity index (χ2v) is 5.61. The first-order chi connectivity index (χ1) is 9.02. The average molecular weight is 261 g/mol. The Morgan fingerprint density at radius 2 is 2.11 bits per heavy atom. The molecule has 4 heteroatoms. The summed E-state index contributed by atoms with van der Waals surface area (Å²) in [7, 11) is 1.83. The van der Waals surface area contributed by atoms with Crippen molar-refractivity contribution in [3.8, 4) is 0 Å². The first-order valence-electron chi connectivity index (χ1n) is 6.98. The Hall–Kier alpha value is -1.58. The topological polar surface area (TPSA) is 54.0 Å². The molecule has 2 N–H and O–H groups in total. The minimum absolute atomic E-state index is 0.0252. The highest BCUT2D eigenvalue weighted by Gasteiger charge is 2.31. The molecular formula is C15H23N3O. The van der Waals surface area contributed by atoms with E-state index >= 15 is 0 Å². The van der Waals surface area contributed by atoms with Gasteiger partial charge >= 0.3 is 0 Å². The number of nitrogens with one attached hydrogen (secondary N) is 2. The van der Waals surface area contributed by atoms with Gasteiger partial charge in [0, 0.05) is 25.0 Å². The van der Waals surface area contributed by atoms with E-state index in [0.29, 0.717) is 17.4 Å². The molecule has 0 spiro atoms. The fourth-order valence-corrected chi connectivity index (χ4v) is 2.76. The van der Waals surface area contributed by atoms with Crippen LogP contribution in [0.25, 0.3) is 0 Å². The van der Waals surface area contributed by atoms with Crippen LogP contribution in [0, 0.1) is 18.8 Å². The third-order valence-corrected chi connectivity index (χ3v) is 4.34. The first kappa shape index (κ1) is 13.8. The quantitative estimate of drug-likeness (QED) is 0.879. The molecule has 1 aliphatic carbocycles. The van der Waals surface area contributed by atoms with Crippen molar-refractivity contribution in [2.45, 2.75) is 39.7 Å². The Morgan fingerprint density at radius 3 is 2.68 bits per heavy atom. The zero-order valence-electron chi connectivity index (χ0n) is 12.2. The maximum atomic E-state index is 12.4. The number of hydrogen-bond donors (Lipinski definition) is 2. The van der Waals surface area contributed by atoms with E-state index in [-0.39, 0.29) is 11.9 Å². The highest BCUT2D eigenvalue weighted by atomic mass is 16.1. The second-order valence-electron chi connectivity index (χ2n) is 5.61. The third-order valence-electron chi connectivity index (χ3n) is 4.34. The van der Waals surface area contributed by atoms with Crippen molar-refractivity contribution >= 4 is 11.6 Å². The number of anilines is 1. The summed E-state index contributed by atoms with van der Waals surface area (Å²) in [6.45, 7) is 6.39. The maximum Gasteiger partial charge on any atom is 0.255 e. The van der Waals surface area contributed by atoms with Gasteiger partial charge in [-0.25, -0.2) is 0 Å². The van der Waals surface area contributed by atoms with Crippen molar-refractivity contribution in [3.63, 3.8) is 0 Å². The molecular weight excluding hydrogens is 238 g/mol. The molecule has 1 aromatic rings. The van der Waals surface area contributed by atoms with Crippen molar-refractivity contribution < 1.29 is 4.79 Å². The minimum atomic E-state index is -0.0252. The van der Waals surface area contributed by atoms with E-state index < -0.39 is 0 Å². The fraction of sp³-hybridized carbons (Fsp3) is 0.600. The van der Waals surface area contributed by atoms with E-state index in [2.05, 4.69) is 29.5 Å². The van der Waals surface area contributed by atoms with E-state index in [1.54, 1.807) is 6.20 Å². The molecule has 104 valence electrons. The van der Waals surface area contributed by atoms with E-state index in [1.165, 1.54) is 6.42 Å². The molecule has 1 heterocycles. The lowest BCUT2D eigenvalue weighted by Crippen LogP contribution is -2.37. The lowest BCUT2D eigenvalue weighted by atomic mass is 9.97. The summed E-state index contributed by atoms with van der Waals surface area (Å²) >= 11 is 0. The van der Waals surface area contributed by atoms with Gasteiger partial charge in [-0.3, -0.25) is 9.78 Å². The average Bonchev–Trinajstić information content (AvgIpc) is 2.70. The monoisotopic (exact) mass is 261 g/mol. The number of carbonyl (C=O) groups is 1. The van der Waals surface area contributed by atoms with Crippen LogP contribution in [0.15, 0.2) is 12.3 Å². The zero-order valence-corrected chi connectivity index (χ0v) is 12.2. The molecule has 1 aliphatic rings. The predicted octanol–water partition coefficient (Wildman–Crippen LogP) is 2.60. The number of rotatable bonds is 3. The van der Waals surface area contributed by atoms with Crippen LogP contribution in [-0.2, 0) is 0 Å². The second kappa shape index (κ2) is 5.59. The number of nitrogens with zero attached hydrogens (tertiary/aromatic N) is 1. The number of hydrogen-bond acceptors (Lipinski definition) is 3. The molecule has 3 atom stereocenters. The van der Waals surface area contributed by atoms with Gasteiger partial charge < -0.3 is 10.6 Å². The van der Waals surface area contributed by atoms with Crippen molar-refractivity contribution in [1.82, 2.24) is 10.3 Å². The van der Waals surface area contributed by atoms with E-state index in [9.17, 15) is 4.79 Å². The summed E-state index contributed by atoms with van der Waals surface area (Å²) in [4.78, 5) is 16.6. The lowest BCUT2D eigenvalue weighted by molar-refractivity contribution is 0.0928. The summed E-state index contributed by atoms with van der Waals surface area (Å²) in [6.07, 6.45) is 3.92. The molecule has 1 saturated carbocycles. The Labute approximate surface area is 115 Å². The molecule has 4 nitrogen and oxygen atoms in total. The normalized spacial score (nSPS) is 26.2. The standard InChI is InChI=1S/C15H23N3O/c1-9-5-6-13(11(9)3)18-15(19)12-8-17-10(2)7-14(12)16-4/h7-9,11,13H,5-6H2,1-4H3,(H,16,17)(H,18,19). The van der Waals surface area contributed by atoms with Crippen molar-refractivity contribution in [2.24, 2.45) is 11.8 Å². The molecule has 2 rings (SSSR count).